The molecular formula is C7H10N4O3. The first-order valence-electron chi connectivity index (χ1n) is 3.76. The van der Waals surface area contributed by atoms with E-state index in [-0.39, 0.29) is 17.9 Å². The van der Waals surface area contributed by atoms with E-state index in [4.69, 9.17) is 11.6 Å². The molecule has 0 atom stereocenters. The molecule has 1 aromatic rings. The van der Waals surface area contributed by atoms with Gasteiger partial charge in [-0.05, 0) is 0 Å². The van der Waals surface area contributed by atoms with Gasteiger partial charge >= 0.3 is 0 Å². The molecule has 0 fully saturated rings. The van der Waals surface area contributed by atoms with Gasteiger partial charge in [-0.1, -0.05) is 0 Å². The van der Waals surface area contributed by atoms with Gasteiger partial charge in [0.1, 0.15) is 5.69 Å². The standard InChI is InChI=1S/C7H10N4O3/c8-2-4-6(13)5(12)1-3(10-4)7(14)11-9/h1,13H,2,8-9H2,(H,10,12)(H,11,14). The van der Waals surface area contributed by atoms with E-state index in [2.05, 4.69) is 4.98 Å². The maximum atomic E-state index is 11.1. The summed E-state index contributed by atoms with van der Waals surface area (Å²) in [6, 6.07) is 0.941. The van der Waals surface area contributed by atoms with E-state index in [1.807, 2.05) is 5.43 Å². The van der Waals surface area contributed by atoms with E-state index >= 15 is 0 Å². The Morgan fingerprint density at radius 2 is 2.29 bits per heavy atom. The number of amides is 1. The number of aromatic hydroxyl groups is 1. The second-order valence-electron chi connectivity index (χ2n) is 2.55. The zero-order valence-corrected chi connectivity index (χ0v) is 7.20. The molecule has 1 amide bonds. The lowest BCUT2D eigenvalue weighted by molar-refractivity contribution is 0.0948. The lowest BCUT2D eigenvalue weighted by atomic mass is 10.2. The van der Waals surface area contributed by atoms with Crippen molar-refractivity contribution >= 4 is 5.91 Å². The van der Waals surface area contributed by atoms with Gasteiger partial charge in [0.2, 0.25) is 5.43 Å². The topological polar surface area (TPSA) is 134 Å². The predicted molar refractivity (Wildman–Crippen MR) is 48.3 cm³/mol. The fraction of sp³-hybridized carbons (Fsp3) is 0.143. The zero-order valence-electron chi connectivity index (χ0n) is 7.20. The van der Waals surface area contributed by atoms with Gasteiger partial charge in [0, 0.05) is 12.6 Å². The molecule has 0 spiro atoms. The first kappa shape index (κ1) is 10.2. The van der Waals surface area contributed by atoms with Gasteiger partial charge in [-0.3, -0.25) is 15.0 Å². The number of hydrazine groups is 1. The number of pyridine rings is 1. The van der Waals surface area contributed by atoms with Crippen LogP contribution < -0.4 is 22.4 Å². The van der Waals surface area contributed by atoms with Crippen molar-refractivity contribution in [2.45, 2.75) is 6.54 Å². The second-order valence-corrected chi connectivity index (χ2v) is 2.55. The molecule has 14 heavy (non-hydrogen) atoms. The number of hydrogen-bond donors (Lipinski definition) is 5. The lowest BCUT2D eigenvalue weighted by Gasteiger charge is -2.04. The van der Waals surface area contributed by atoms with Crippen molar-refractivity contribution in [3.63, 3.8) is 0 Å². The minimum atomic E-state index is -0.678. The Kier molecular flexibility index (Phi) is 2.85. The number of aromatic nitrogens is 1. The number of aromatic amines is 1. The van der Waals surface area contributed by atoms with Gasteiger partial charge in [-0.25, -0.2) is 5.84 Å². The summed E-state index contributed by atoms with van der Waals surface area (Å²) in [5.41, 5.74) is 6.45. The summed E-state index contributed by atoms with van der Waals surface area (Å²) in [6.07, 6.45) is 0. The highest BCUT2D eigenvalue weighted by molar-refractivity contribution is 5.91. The zero-order chi connectivity index (χ0) is 10.7. The molecule has 0 aliphatic rings. The van der Waals surface area contributed by atoms with E-state index in [0.29, 0.717) is 0 Å². The van der Waals surface area contributed by atoms with Crippen LogP contribution in [0.3, 0.4) is 0 Å². The summed E-state index contributed by atoms with van der Waals surface area (Å²) in [7, 11) is 0. The molecular weight excluding hydrogens is 188 g/mol. The molecule has 7 N–H and O–H groups in total. The van der Waals surface area contributed by atoms with Crippen LogP contribution in [-0.2, 0) is 6.54 Å². The van der Waals surface area contributed by atoms with Crippen LogP contribution in [0.5, 0.6) is 5.75 Å². The summed E-state index contributed by atoms with van der Waals surface area (Å²) in [5.74, 6) is 3.73. The fourth-order valence-electron chi connectivity index (χ4n) is 0.954. The van der Waals surface area contributed by atoms with Gasteiger partial charge in [-0.2, -0.15) is 0 Å². The summed E-state index contributed by atoms with van der Waals surface area (Å²) in [6.45, 7) is -0.0766. The fourth-order valence-corrected chi connectivity index (χ4v) is 0.954. The molecule has 0 unspecified atom stereocenters. The van der Waals surface area contributed by atoms with Gasteiger partial charge in [-0.15, -0.1) is 0 Å². The van der Waals surface area contributed by atoms with Gasteiger partial charge in [0.15, 0.2) is 5.75 Å². The number of nitrogens with one attached hydrogen (secondary N) is 2. The van der Waals surface area contributed by atoms with Crippen molar-refractivity contribution in [3.8, 4) is 5.75 Å². The Balaban J connectivity index is 3.30. The first-order chi connectivity index (χ1) is 6.60. The van der Waals surface area contributed by atoms with Gasteiger partial charge in [0.25, 0.3) is 5.91 Å². The van der Waals surface area contributed by atoms with Crippen molar-refractivity contribution in [2.24, 2.45) is 11.6 Å². The molecule has 7 nitrogen and oxygen atoms in total. The molecule has 0 bridgehead atoms. The Morgan fingerprint density at radius 1 is 1.64 bits per heavy atom. The number of carbonyl (C=O) groups is 1. The Bertz CT molecular complexity index is 412. The first-order valence-corrected chi connectivity index (χ1v) is 3.76. The molecule has 0 aliphatic carbocycles. The average molecular weight is 198 g/mol. The minimum Gasteiger partial charge on any atom is -0.503 e. The maximum Gasteiger partial charge on any atom is 0.281 e. The molecule has 7 heteroatoms. The highest BCUT2D eigenvalue weighted by atomic mass is 16.3. The molecule has 0 saturated heterocycles. The minimum absolute atomic E-state index is 0.0456. The number of carbonyl (C=O) groups excluding carboxylic acids is 1. The van der Waals surface area contributed by atoms with Crippen LogP contribution in [0, 0.1) is 0 Å². The molecule has 76 valence electrons. The third-order valence-electron chi connectivity index (χ3n) is 1.66. The van der Waals surface area contributed by atoms with Gasteiger partial charge < -0.3 is 15.8 Å². The number of hydrogen-bond acceptors (Lipinski definition) is 5. The quantitative estimate of drug-likeness (QED) is 0.216. The molecule has 0 aromatic carbocycles. The number of nitrogen functional groups attached to an aromatic ring is 1. The molecule has 0 radical (unpaired) electrons. The lowest BCUT2D eigenvalue weighted by Crippen LogP contribution is -2.32. The summed E-state index contributed by atoms with van der Waals surface area (Å²) in [4.78, 5) is 24.6. The van der Waals surface area contributed by atoms with Crippen molar-refractivity contribution in [1.82, 2.24) is 10.4 Å². The highest BCUT2D eigenvalue weighted by Gasteiger charge is 2.11. The second kappa shape index (κ2) is 3.90. The molecule has 0 aliphatic heterocycles. The Hall–Kier alpha value is -1.86. The van der Waals surface area contributed by atoms with Crippen molar-refractivity contribution in [3.05, 3.63) is 27.7 Å². The van der Waals surface area contributed by atoms with E-state index in [1.54, 1.807) is 0 Å². The van der Waals surface area contributed by atoms with E-state index in [9.17, 15) is 14.7 Å². The van der Waals surface area contributed by atoms with Crippen LogP contribution in [0.25, 0.3) is 0 Å². The van der Waals surface area contributed by atoms with Crippen molar-refractivity contribution < 1.29 is 9.90 Å². The monoisotopic (exact) mass is 198 g/mol. The van der Waals surface area contributed by atoms with Crippen LogP contribution in [0.2, 0.25) is 0 Å². The number of rotatable bonds is 2. The van der Waals surface area contributed by atoms with E-state index in [0.717, 1.165) is 6.07 Å². The third-order valence-corrected chi connectivity index (χ3v) is 1.66. The largest absolute Gasteiger partial charge is 0.503 e. The van der Waals surface area contributed by atoms with Crippen molar-refractivity contribution in [2.75, 3.05) is 0 Å². The summed E-state index contributed by atoms with van der Waals surface area (Å²) >= 11 is 0. The van der Waals surface area contributed by atoms with Crippen LogP contribution in [0.15, 0.2) is 10.9 Å². The van der Waals surface area contributed by atoms with E-state index in [1.165, 1.54) is 0 Å². The SMILES string of the molecule is NCc1[nH]c(C(=O)NN)cc(=O)c1O. The number of nitrogens with two attached hydrogens (primary N) is 2. The maximum absolute atomic E-state index is 11.1. The van der Waals surface area contributed by atoms with Crippen molar-refractivity contribution in [1.29, 1.82) is 0 Å². The van der Waals surface area contributed by atoms with Crippen LogP contribution in [0.4, 0.5) is 0 Å². The van der Waals surface area contributed by atoms with Gasteiger partial charge in [0.05, 0.1) is 5.69 Å². The highest BCUT2D eigenvalue weighted by Crippen LogP contribution is 2.07. The van der Waals surface area contributed by atoms with E-state index < -0.39 is 17.1 Å². The van der Waals surface area contributed by atoms with Crippen LogP contribution in [-0.4, -0.2) is 16.0 Å². The molecule has 0 saturated carbocycles. The molecule has 1 rings (SSSR count). The van der Waals surface area contributed by atoms with Crippen LogP contribution >= 0.6 is 0 Å². The normalized spacial score (nSPS) is 9.86. The Labute approximate surface area is 78.7 Å². The Morgan fingerprint density at radius 3 is 2.79 bits per heavy atom. The summed E-state index contributed by atoms with van der Waals surface area (Å²) < 4.78 is 0. The third kappa shape index (κ3) is 1.73. The average Bonchev–Trinajstić information content (AvgIpc) is 2.20. The number of H-pyrrole nitrogens is 1. The predicted octanol–water partition coefficient (Wildman–Crippen LogP) is -1.86. The summed E-state index contributed by atoms with van der Waals surface area (Å²) in [5, 5.41) is 9.19. The molecule has 1 heterocycles. The molecule has 1 aromatic heterocycles. The van der Waals surface area contributed by atoms with Crippen LogP contribution in [0.1, 0.15) is 16.2 Å². The smallest absolute Gasteiger partial charge is 0.281 e.